The van der Waals surface area contributed by atoms with Gasteiger partial charge < -0.3 is 33.7 Å². The summed E-state index contributed by atoms with van der Waals surface area (Å²) >= 11 is 0. The summed E-state index contributed by atoms with van der Waals surface area (Å²) in [5, 5.41) is 11.0. The fourth-order valence-corrected chi connectivity index (χ4v) is 10.3. The lowest BCUT2D eigenvalue weighted by Crippen LogP contribution is -2.55. The van der Waals surface area contributed by atoms with Crippen molar-refractivity contribution in [2.24, 2.45) is 0 Å². The predicted octanol–water partition coefficient (Wildman–Crippen LogP) is 7.47. The van der Waals surface area contributed by atoms with Gasteiger partial charge in [0, 0.05) is 40.3 Å². The lowest BCUT2D eigenvalue weighted by molar-refractivity contribution is -0.105. The maximum absolute atomic E-state index is 15.7. The third-order valence-electron chi connectivity index (χ3n) is 12.5. The second-order valence-corrected chi connectivity index (χ2v) is 23.3. The number of hydrogen-bond acceptors (Lipinski definition) is 11. The van der Waals surface area contributed by atoms with Crippen molar-refractivity contribution in [1.82, 2.24) is 29.3 Å². The first kappa shape index (κ1) is 38.3. The Morgan fingerprint density at radius 2 is 1.81 bits per heavy atom. The van der Waals surface area contributed by atoms with E-state index in [2.05, 4.69) is 29.4 Å². The van der Waals surface area contributed by atoms with Crippen molar-refractivity contribution in [3.05, 3.63) is 36.1 Å². The molecule has 7 heterocycles. The van der Waals surface area contributed by atoms with Gasteiger partial charge in [0.2, 0.25) is 0 Å². The van der Waals surface area contributed by atoms with Gasteiger partial charge >= 0.3 is 18.1 Å². The molecule has 4 aromatic rings. The second kappa shape index (κ2) is 15.5. The van der Waals surface area contributed by atoms with Crippen LogP contribution in [0.2, 0.25) is 25.7 Å². The van der Waals surface area contributed by atoms with Crippen LogP contribution in [0, 0.1) is 5.82 Å². The van der Waals surface area contributed by atoms with E-state index in [1.165, 1.54) is 6.07 Å². The fraction of sp³-hybridized carbons (Fsp3) is 0.610. The zero-order valence-corrected chi connectivity index (χ0v) is 34.3. The molecule has 306 valence electrons. The third kappa shape index (κ3) is 7.73. The monoisotopic (exact) mass is 803 g/mol. The summed E-state index contributed by atoms with van der Waals surface area (Å²) in [6.07, 6.45) is 7.43. The molecule has 5 saturated heterocycles. The number of fused-ring (bicyclic) bond motifs is 5. The molecule has 1 amide bonds. The van der Waals surface area contributed by atoms with Gasteiger partial charge in [-0.25, -0.2) is 9.18 Å². The van der Waals surface area contributed by atoms with Gasteiger partial charge in [-0.15, -0.1) is 0 Å². The Morgan fingerprint density at radius 1 is 1.02 bits per heavy atom. The number of imidazole rings is 1. The summed E-state index contributed by atoms with van der Waals surface area (Å²) < 4.78 is 49.3. The molecule has 2 aromatic carbocycles. The van der Waals surface area contributed by atoms with E-state index in [0.717, 1.165) is 76.9 Å². The molecule has 14 nitrogen and oxygen atoms in total. The van der Waals surface area contributed by atoms with Crippen molar-refractivity contribution in [3.8, 4) is 23.5 Å². The van der Waals surface area contributed by atoms with Crippen LogP contribution in [0.3, 0.4) is 0 Å². The second-order valence-electron chi connectivity index (χ2n) is 17.6. The Bertz CT molecular complexity index is 2100. The van der Waals surface area contributed by atoms with E-state index in [1.54, 1.807) is 27.7 Å². The summed E-state index contributed by atoms with van der Waals surface area (Å²) in [5.74, 6) is 0.847. The number of ether oxygens (including phenoxy) is 5. The van der Waals surface area contributed by atoms with Crippen molar-refractivity contribution in [2.75, 3.05) is 50.9 Å². The maximum atomic E-state index is 15.7. The number of amides is 1. The number of aromatic nitrogens is 4. The summed E-state index contributed by atoms with van der Waals surface area (Å²) in [4.78, 5) is 33.6. The first-order valence-corrected chi connectivity index (χ1v) is 24.4. The van der Waals surface area contributed by atoms with Gasteiger partial charge in [-0.05, 0) is 88.0 Å². The van der Waals surface area contributed by atoms with Gasteiger partial charge in [0.1, 0.15) is 30.7 Å². The molecule has 5 aliphatic heterocycles. The minimum absolute atomic E-state index is 0.0277. The molecule has 57 heavy (non-hydrogen) atoms. The van der Waals surface area contributed by atoms with E-state index >= 15 is 4.39 Å². The van der Waals surface area contributed by atoms with Gasteiger partial charge in [0.15, 0.2) is 23.3 Å². The van der Waals surface area contributed by atoms with Crippen molar-refractivity contribution in [2.45, 2.75) is 114 Å². The summed E-state index contributed by atoms with van der Waals surface area (Å²) in [6.45, 7) is 11.7. The zero-order valence-electron chi connectivity index (χ0n) is 33.3. The van der Waals surface area contributed by atoms with Crippen LogP contribution in [-0.4, -0.2) is 119 Å². The molecule has 5 aliphatic rings. The molecule has 2 aromatic heterocycles. The fourth-order valence-electron chi connectivity index (χ4n) is 9.53. The van der Waals surface area contributed by atoms with Crippen LogP contribution in [0.25, 0.3) is 21.9 Å². The molecule has 0 saturated carbocycles. The normalized spacial score (nSPS) is 23.4. The first-order valence-electron chi connectivity index (χ1n) is 20.7. The highest BCUT2D eigenvalue weighted by molar-refractivity contribution is 6.76. The number of rotatable bonds is 13. The van der Waals surface area contributed by atoms with Crippen molar-refractivity contribution in [3.63, 3.8) is 0 Å². The van der Waals surface area contributed by atoms with Crippen molar-refractivity contribution >= 4 is 41.9 Å². The summed E-state index contributed by atoms with van der Waals surface area (Å²) in [5.41, 5.74) is 0.912. The van der Waals surface area contributed by atoms with E-state index in [4.69, 9.17) is 38.6 Å². The molecular formula is C41H54FN7O7Si. The van der Waals surface area contributed by atoms with Crippen LogP contribution >= 0.6 is 0 Å². The summed E-state index contributed by atoms with van der Waals surface area (Å²) in [6, 6.07) is 9.40. The Kier molecular flexibility index (Phi) is 10.4. The highest BCUT2D eigenvalue weighted by atomic mass is 28.3. The van der Waals surface area contributed by atoms with Gasteiger partial charge in [-0.3, -0.25) is 14.4 Å². The molecule has 0 aliphatic carbocycles. The van der Waals surface area contributed by atoms with Crippen LogP contribution in [-0.2, 0) is 16.2 Å². The maximum Gasteiger partial charge on any atom is 0.407 e. The van der Waals surface area contributed by atoms with Crippen LogP contribution in [0.5, 0.6) is 23.5 Å². The molecule has 0 spiro atoms. The SMILES string of the molecule is C[Si](C)(C)CCOCn1c(Oc2cc(OC3CCCCO3)cc3cccc(F)c23)nc2c(N3CC4CCC(C3)N4C(=O)O)nc(OCC34CCCN3CCC4)nc21. The number of piperazine rings is 1. The Hall–Kier alpha value is -4.25. The Balaban J connectivity index is 1.14. The van der Waals surface area contributed by atoms with Gasteiger partial charge in [-0.1, -0.05) is 31.8 Å². The standard InChI is InChI=1S/C41H54FN7O7Si/c1-57(2,3)20-19-52-26-48-37-35(43-39(48)56-32-22-30(55-33-11-4-5-18-53-33)21-27-9-6-10-31(42)34(27)32)36(46-23-28-12-13-29(24-46)49(28)40(50)51)44-38(45-37)54-25-41-14-7-16-47(41)17-8-15-41/h6,9-10,21-22,28-29,33H,4-5,7-8,11-20,23-26H2,1-3H3,(H,50,51). The molecule has 3 unspecified atom stereocenters. The number of halogens is 1. The Labute approximate surface area is 333 Å². The van der Waals surface area contributed by atoms with E-state index in [0.29, 0.717) is 66.4 Å². The number of nitrogens with zero attached hydrogens (tertiary/aromatic N) is 7. The number of carbonyl (C=O) groups is 1. The molecule has 0 radical (unpaired) electrons. The van der Waals surface area contributed by atoms with Crippen LogP contribution in [0.4, 0.5) is 15.0 Å². The average Bonchev–Trinajstić information content (AvgIpc) is 3.92. The number of carboxylic acid groups (broad SMARTS) is 1. The summed E-state index contributed by atoms with van der Waals surface area (Å²) in [7, 11) is -1.42. The molecule has 2 bridgehead atoms. The van der Waals surface area contributed by atoms with Gasteiger partial charge in [0.05, 0.1) is 29.6 Å². The largest absolute Gasteiger partial charge is 0.465 e. The van der Waals surface area contributed by atoms with E-state index in [1.807, 2.05) is 6.07 Å². The molecule has 9 rings (SSSR count). The minimum atomic E-state index is -1.42. The van der Waals surface area contributed by atoms with Crippen LogP contribution in [0.1, 0.15) is 57.8 Å². The zero-order chi connectivity index (χ0) is 39.3. The number of hydrogen-bond donors (Lipinski definition) is 1. The van der Waals surface area contributed by atoms with Crippen molar-refractivity contribution in [1.29, 1.82) is 0 Å². The van der Waals surface area contributed by atoms with E-state index in [-0.39, 0.29) is 42.1 Å². The quantitative estimate of drug-likeness (QED) is 0.106. The average molecular weight is 804 g/mol. The van der Waals surface area contributed by atoms with E-state index in [9.17, 15) is 9.90 Å². The predicted molar refractivity (Wildman–Crippen MR) is 215 cm³/mol. The highest BCUT2D eigenvalue weighted by Crippen LogP contribution is 2.42. The number of anilines is 1. The smallest absolute Gasteiger partial charge is 0.407 e. The van der Waals surface area contributed by atoms with E-state index < -0.39 is 26.3 Å². The molecule has 1 N–H and O–H groups in total. The van der Waals surface area contributed by atoms with Gasteiger partial charge in [-0.2, -0.15) is 15.0 Å². The topological polar surface area (TPSA) is 137 Å². The van der Waals surface area contributed by atoms with Crippen molar-refractivity contribution < 1.29 is 38.0 Å². The molecular weight excluding hydrogens is 750 g/mol. The lowest BCUT2D eigenvalue weighted by atomic mass is 9.95. The highest BCUT2D eigenvalue weighted by Gasteiger charge is 2.46. The number of benzene rings is 2. The Morgan fingerprint density at radius 3 is 2.53 bits per heavy atom. The molecule has 5 fully saturated rings. The first-order chi connectivity index (χ1) is 27.5. The third-order valence-corrected chi connectivity index (χ3v) is 14.2. The molecule has 3 atom stereocenters. The van der Waals surface area contributed by atoms with Crippen LogP contribution < -0.4 is 19.1 Å². The lowest BCUT2D eigenvalue weighted by Gasteiger charge is -2.40. The minimum Gasteiger partial charge on any atom is -0.465 e. The molecule has 16 heteroatoms. The van der Waals surface area contributed by atoms with Crippen LogP contribution in [0.15, 0.2) is 30.3 Å². The van der Waals surface area contributed by atoms with Gasteiger partial charge in [0.25, 0.3) is 0 Å².